The van der Waals surface area contributed by atoms with Gasteiger partial charge in [-0.15, -0.1) is 0 Å². The number of nitro groups is 1. The van der Waals surface area contributed by atoms with Gasteiger partial charge in [0.25, 0.3) is 11.6 Å². The van der Waals surface area contributed by atoms with Crippen LogP contribution in [0, 0.1) is 10.1 Å². The molecule has 1 aliphatic rings. The summed E-state index contributed by atoms with van der Waals surface area (Å²) in [6.07, 6.45) is 1.57. The van der Waals surface area contributed by atoms with Crippen molar-refractivity contribution in [3.8, 4) is 17.2 Å². The highest BCUT2D eigenvalue weighted by Crippen LogP contribution is 2.32. The van der Waals surface area contributed by atoms with Crippen LogP contribution >= 0.6 is 0 Å². The first-order valence-corrected chi connectivity index (χ1v) is 8.12. The van der Waals surface area contributed by atoms with Gasteiger partial charge in [-0.25, -0.2) is 4.68 Å². The summed E-state index contributed by atoms with van der Waals surface area (Å²) in [7, 11) is 0. The van der Waals surface area contributed by atoms with E-state index < -0.39 is 10.8 Å². The maximum absolute atomic E-state index is 12.4. The Morgan fingerprint density at radius 3 is 2.74 bits per heavy atom. The molecule has 1 aromatic heterocycles. The first-order valence-electron chi connectivity index (χ1n) is 8.12. The van der Waals surface area contributed by atoms with E-state index in [4.69, 9.17) is 9.47 Å². The van der Waals surface area contributed by atoms with Crippen molar-refractivity contribution in [2.24, 2.45) is 0 Å². The third kappa shape index (κ3) is 3.43. The molecule has 0 spiro atoms. The third-order valence-electron chi connectivity index (χ3n) is 3.93. The Morgan fingerprint density at radius 1 is 1.11 bits per heavy atom. The summed E-state index contributed by atoms with van der Waals surface area (Å²) in [5.41, 5.74) is 1.17. The fourth-order valence-electron chi connectivity index (χ4n) is 2.65. The molecule has 1 N–H and O–H groups in total. The molecule has 27 heavy (non-hydrogen) atoms. The van der Waals surface area contributed by atoms with Gasteiger partial charge in [0, 0.05) is 30.1 Å². The van der Waals surface area contributed by atoms with Gasteiger partial charge in [0.1, 0.15) is 13.2 Å². The average molecular weight is 366 g/mol. The number of benzene rings is 2. The zero-order valence-corrected chi connectivity index (χ0v) is 14.0. The first kappa shape index (κ1) is 16.6. The first-order chi connectivity index (χ1) is 13.1. The number of ether oxygens (including phenoxy) is 2. The number of rotatable bonds is 4. The van der Waals surface area contributed by atoms with E-state index in [0.29, 0.717) is 36.1 Å². The van der Waals surface area contributed by atoms with E-state index in [9.17, 15) is 14.9 Å². The number of hydrogen-bond acceptors (Lipinski definition) is 6. The number of amides is 1. The van der Waals surface area contributed by atoms with E-state index in [0.717, 1.165) is 0 Å². The van der Waals surface area contributed by atoms with Crippen molar-refractivity contribution < 1.29 is 19.2 Å². The molecule has 0 atom stereocenters. The Hall–Kier alpha value is -3.88. The van der Waals surface area contributed by atoms with Crippen molar-refractivity contribution in [3.05, 3.63) is 70.5 Å². The molecule has 0 radical (unpaired) electrons. The lowest BCUT2D eigenvalue weighted by atomic mass is 10.2. The second-order valence-corrected chi connectivity index (χ2v) is 5.74. The van der Waals surface area contributed by atoms with E-state index in [2.05, 4.69) is 10.4 Å². The zero-order chi connectivity index (χ0) is 18.8. The summed E-state index contributed by atoms with van der Waals surface area (Å²) in [6, 6.07) is 12.7. The molecule has 0 saturated heterocycles. The number of nitrogens with zero attached hydrogens (tertiary/aromatic N) is 3. The zero-order valence-electron chi connectivity index (χ0n) is 14.0. The summed E-state index contributed by atoms with van der Waals surface area (Å²) >= 11 is 0. The highest BCUT2D eigenvalue weighted by molar-refractivity contribution is 6.03. The minimum atomic E-state index is -0.484. The lowest BCUT2D eigenvalue weighted by Gasteiger charge is -2.18. The quantitative estimate of drug-likeness (QED) is 0.562. The monoisotopic (exact) mass is 366 g/mol. The molecule has 4 rings (SSSR count). The minimum Gasteiger partial charge on any atom is -0.486 e. The van der Waals surface area contributed by atoms with Crippen molar-refractivity contribution in [1.82, 2.24) is 9.78 Å². The fraction of sp³-hybridized carbons (Fsp3) is 0.111. The second-order valence-electron chi connectivity index (χ2n) is 5.74. The molecular weight excluding hydrogens is 352 g/mol. The Morgan fingerprint density at radius 2 is 1.93 bits per heavy atom. The van der Waals surface area contributed by atoms with Crippen LogP contribution in [-0.4, -0.2) is 33.8 Å². The molecule has 2 heterocycles. The van der Waals surface area contributed by atoms with Gasteiger partial charge in [-0.3, -0.25) is 14.9 Å². The van der Waals surface area contributed by atoms with Crippen molar-refractivity contribution in [2.75, 3.05) is 18.5 Å². The maximum atomic E-state index is 12.4. The van der Waals surface area contributed by atoms with Gasteiger partial charge in [-0.1, -0.05) is 6.07 Å². The Bertz CT molecular complexity index is 1030. The number of aromatic nitrogens is 2. The van der Waals surface area contributed by atoms with Crippen LogP contribution in [0.2, 0.25) is 0 Å². The Balaban J connectivity index is 1.52. The standard InChI is InChI=1S/C18H14N4O5/c23-18(19-12-4-5-16-17(10-12)27-9-8-26-16)15-6-7-21(20-15)13-2-1-3-14(11-13)22(24)25/h1-7,10-11H,8-9H2,(H,19,23). The lowest BCUT2D eigenvalue weighted by molar-refractivity contribution is -0.384. The summed E-state index contributed by atoms with van der Waals surface area (Å²) in [4.78, 5) is 22.8. The van der Waals surface area contributed by atoms with Crippen LogP contribution in [0.3, 0.4) is 0 Å². The Labute approximate surface area is 153 Å². The minimum absolute atomic E-state index is 0.0507. The average Bonchev–Trinajstić information content (AvgIpc) is 3.18. The van der Waals surface area contributed by atoms with Crippen LogP contribution < -0.4 is 14.8 Å². The summed E-state index contributed by atoms with van der Waals surface area (Å²) in [5, 5.41) is 17.8. The third-order valence-corrected chi connectivity index (χ3v) is 3.93. The highest BCUT2D eigenvalue weighted by Gasteiger charge is 2.15. The van der Waals surface area contributed by atoms with E-state index in [1.165, 1.54) is 22.9 Å². The molecule has 0 saturated carbocycles. The number of anilines is 1. The lowest BCUT2D eigenvalue weighted by Crippen LogP contribution is -2.16. The molecule has 1 amide bonds. The van der Waals surface area contributed by atoms with E-state index in [1.807, 2.05) is 0 Å². The molecule has 9 heteroatoms. The molecule has 0 aliphatic carbocycles. The maximum Gasteiger partial charge on any atom is 0.276 e. The van der Waals surface area contributed by atoms with Gasteiger partial charge in [-0.05, 0) is 24.3 Å². The highest BCUT2D eigenvalue weighted by atomic mass is 16.6. The van der Waals surface area contributed by atoms with Crippen molar-refractivity contribution in [3.63, 3.8) is 0 Å². The van der Waals surface area contributed by atoms with E-state index >= 15 is 0 Å². The van der Waals surface area contributed by atoms with E-state index in [-0.39, 0.29) is 11.4 Å². The van der Waals surface area contributed by atoms with Gasteiger partial charge in [0.2, 0.25) is 0 Å². The van der Waals surface area contributed by atoms with Crippen LogP contribution in [-0.2, 0) is 0 Å². The number of nitrogens with one attached hydrogen (secondary N) is 1. The number of nitro benzene ring substituents is 1. The molecule has 3 aromatic rings. The number of hydrogen-bond donors (Lipinski definition) is 1. The van der Waals surface area contributed by atoms with Crippen molar-refractivity contribution in [2.45, 2.75) is 0 Å². The predicted molar refractivity (Wildman–Crippen MR) is 95.6 cm³/mol. The number of non-ortho nitro benzene ring substituents is 1. The van der Waals surface area contributed by atoms with Crippen LogP contribution in [0.4, 0.5) is 11.4 Å². The fourth-order valence-corrected chi connectivity index (χ4v) is 2.65. The molecule has 0 unspecified atom stereocenters. The molecule has 9 nitrogen and oxygen atoms in total. The largest absolute Gasteiger partial charge is 0.486 e. The molecule has 2 aromatic carbocycles. The Kier molecular flexibility index (Phi) is 4.17. The van der Waals surface area contributed by atoms with Gasteiger partial charge in [0.15, 0.2) is 17.2 Å². The molecule has 1 aliphatic heterocycles. The van der Waals surface area contributed by atoms with Gasteiger partial charge in [-0.2, -0.15) is 5.10 Å². The van der Waals surface area contributed by atoms with Crippen LogP contribution in [0.5, 0.6) is 11.5 Å². The van der Waals surface area contributed by atoms with Crippen LogP contribution in [0.25, 0.3) is 5.69 Å². The SMILES string of the molecule is O=C(Nc1ccc2c(c1)OCCO2)c1ccn(-c2cccc([N+](=O)[O-])c2)n1. The van der Waals surface area contributed by atoms with E-state index in [1.54, 1.807) is 36.5 Å². The summed E-state index contributed by atoms with van der Waals surface area (Å²) in [5.74, 6) is 0.797. The van der Waals surface area contributed by atoms with Gasteiger partial charge in [0.05, 0.1) is 10.6 Å². The van der Waals surface area contributed by atoms with Crippen molar-refractivity contribution >= 4 is 17.3 Å². The molecule has 0 fully saturated rings. The topological polar surface area (TPSA) is 109 Å². The summed E-state index contributed by atoms with van der Waals surface area (Å²) < 4.78 is 12.3. The number of fused-ring (bicyclic) bond motifs is 1. The predicted octanol–water partition coefficient (Wildman–Crippen LogP) is 2.80. The van der Waals surface area contributed by atoms with Crippen molar-refractivity contribution in [1.29, 1.82) is 0 Å². The number of carbonyl (C=O) groups is 1. The summed E-state index contributed by atoms with van der Waals surface area (Å²) in [6.45, 7) is 0.950. The molecule has 136 valence electrons. The van der Waals surface area contributed by atoms with Gasteiger partial charge >= 0.3 is 0 Å². The second kappa shape index (κ2) is 6.79. The number of carbonyl (C=O) groups excluding carboxylic acids is 1. The van der Waals surface area contributed by atoms with Crippen LogP contribution in [0.15, 0.2) is 54.7 Å². The smallest absolute Gasteiger partial charge is 0.276 e. The molecule has 0 bridgehead atoms. The normalized spacial score (nSPS) is 12.4. The van der Waals surface area contributed by atoms with Gasteiger partial charge < -0.3 is 14.8 Å². The molecular formula is C18H14N4O5. The van der Waals surface area contributed by atoms with Crippen LogP contribution in [0.1, 0.15) is 10.5 Å².